The average Bonchev–Trinajstić information content (AvgIpc) is 2.13. The van der Waals surface area contributed by atoms with Gasteiger partial charge in [0.1, 0.15) is 0 Å². The zero-order chi connectivity index (χ0) is 11.1. The highest BCUT2D eigenvalue weighted by molar-refractivity contribution is 7.80. The molecular weight excluding hydrogens is 192 g/mol. The van der Waals surface area contributed by atoms with Crippen LogP contribution in [-0.2, 0) is 0 Å². The lowest BCUT2D eigenvalue weighted by atomic mass is 9.97. The van der Waals surface area contributed by atoms with Crippen LogP contribution in [-0.4, -0.2) is 30.3 Å². The number of nitriles is 1. The van der Waals surface area contributed by atoms with Gasteiger partial charge in [-0.05, 0) is 31.6 Å². The lowest BCUT2D eigenvalue weighted by molar-refractivity contribution is 0.205. The molecule has 3 heteroatoms. The monoisotopic (exact) mass is 214 g/mol. The van der Waals surface area contributed by atoms with Crippen LogP contribution in [0.1, 0.15) is 27.2 Å². The maximum absolute atomic E-state index is 8.59. The highest BCUT2D eigenvalue weighted by atomic mass is 32.1. The van der Waals surface area contributed by atoms with Crippen LogP contribution < -0.4 is 0 Å². The molecular formula is C11H22N2S. The van der Waals surface area contributed by atoms with Gasteiger partial charge >= 0.3 is 0 Å². The fraction of sp³-hybridized carbons (Fsp3) is 0.909. The SMILES string of the molecule is CC(C)C(CS)CN(C)C(C)CC#N. The molecule has 0 spiro atoms. The molecule has 0 fully saturated rings. The molecule has 0 radical (unpaired) electrons. The molecule has 0 aliphatic carbocycles. The molecule has 0 amide bonds. The third-order valence-electron chi connectivity index (χ3n) is 2.84. The molecule has 0 aliphatic rings. The summed E-state index contributed by atoms with van der Waals surface area (Å²) in [5.41, 5.74) is 0. The van der Waals surface area contributed by atoms with Crippen molar-refractivity contribution in [3.05, 3.63) is 0 Å². The molecule has 0 rings (SSSR count). The molecule has 0 heterocycles. The molecule has 82 valence electrons. The predicted molar refractivity (Wildman–Crippen MR) is 64.5 cm³/mol. The third kappa shape index (κ3) is 4.88. The van der Waals surface area contributed by atoms with Crippen molar-refractivity contribution in [2.75, 3.05) is 19.3 Å². The first-order chi connectivity index (χ1) is 6.52. The summed E-state index contributed by atoms with van der Waals surface area (Å²) in [6, 6.07) is 2.56. The Bertz CT molecular complexity index is 186. The van der Waals surface area contributed by atoms with Crippen molar-refractivity contribution in [2.24, 2.45) is 11.8 Å². The van der Waals surface area contributed by atoms with Crippen LogP contribution in [0.5, 0.6) is 0 Å². The van der Waals surface area contributed by atoms with Crippen molar-refractivity contribution >= 4 is 12.6 Å². The van der Waals surface area contributed by atoms with Crippen molar-refractivity contribution in [3.8, 4) is 6.07 Å². The summed E-state index contributed by atoms with van der Waals surface area (Å²) in [4.78, 5) is 2.25. The van der Waals surface area contributed by atoms with Crippen molar-refractivity contribution in [1.29, 1.82) is 5.26 Å². The van der Waals surface area contributed by atoms with Gasteiger partial charge in [-0.3, -0.25) is 0 Å². The topological polar surface area (TPSA) is 27.0 Å². The Hall–Kier alpha value is -0.200. The van der Waals surface area contributed by atoms with E-state index in [4.69, 9.17) is 5.26 Å². The number of rotatable bonds is 6. The van der Waals surface area contributed by atoms with Crippen molar-refractivity contribution in [2.45, 2.75) is 33.2 Å². The molecule has 0 aromatic carbocycles. The number of hydrogen-bond donors (Lipinski definition) is 1. The summed E-state index contributed by atoms with van der Waals surface area (Å²) in [6.07, 6.45) is 0.605. The number of hydrogen-bond acceptors (Lipinski definition) is 3. The molecule has 2 nitrogen and oxygen atoms in total. The Morgan fingerprint density at radius 3 is 2.29 bits per heavy atom. The Morgan fingerprint density at radius 1 is 1.36 bits per heavy atom. The summed E-state index contributed by atoms with van der Waals surface area (Å²) in [5, 5.41) is 8.59. The number of nitrogens with zero attached hydrogens (tertiary/aromatic N) is 2. The molecule has 0 saturated carbocycles. The summed E-state index contributed by atoms with van der Waals surface area (Å²) < 4.78 is 0. The highest BCUT2D eigenvalue weighted by Gasteiger charge is 2.17. The molecule has 0 aromatic heterocycles. The smallest absolute Gasteiger partial charge is 0.0638 e. The zero-order valence-electron chi connectivity index (χ0n) is 9.70. The Labute approximate surface area is 93.7 Å². The minimum Gasteiger partial charge on any atom is -0.302 e. The molecule has 0 aliphatic heterocycles. The second kappa shape index (κ2) is 7.14. The van der Waals surface area contributed by atoms with Crippen LogP contribution in [0.15, 0.2) is 0 Å². The summed E-state index contributed by atoms with van der Waals surface area (Å²) in [6.45, 7) is 7.58. The quantitative estimate of drug-likeness (QED) is 0.688. The van der Waals surface area contributed by atoms with Gasteiger partial charge < -0.3 is 4.90 Å². The maximum atomic E-state index is 8.59. The second-order valence-electron chi connectivity index (χ2n) is 4.34. The van der Waals surface area contributed by atoms with E-state index in [1.54, 1.807) is 0 Å². The Morgan fingerprint density at radius 2 is 1.93 bits per heavy atom. The van der Waals surface area contributed by atoms with Gasteiger partial charge in [-0.1, -0.05) is 13.8 Å². The van der Waals surface area contributed by atoms with Crippen LogP contribution in [0.4, 0.5) is 0 Å². The summed E-state index contributed by atoms with van der Waals surface area (Å²) >= 11 is 4.36. The van der Waals surface area contributed by atoms with Gasteiger partial charge in [-0.15, -0.1) is 0 Å². The number of thiol groups is 1. The average molecular weight is 214 g/mol. The first kappa shape index (κ1) is 13.8. The standard InChI is InChI=1S/C11H22N2S/c1-9(2)11(8-14)7-13(4)10(3)5-6-12/h9-11,14H,5,7-8H2,1-4H3. The van der Waals surface area contributed by atoms with Crippen molar-refractivity contribution in [3.63, 3.8) is 0 Å². The maximum Gasteiger partial charge on any atom is 0.0638 e. The van der Waals surface area contributed by atoms with Crippen LogP contribution in [0.25, 0.3) is 0 Å². The van der Waals surface area contributed by atoms with E-state index >= 15 is 0 Å². The molecule has 0 saturated heterocycles. The van der Waals surface area contributed by atoms with E-state index in [-0.39, 0.29) is 0 Å². The van der Waals surface area contributed by atoms with Crippen LogP contribution in [0, 0.1) is 23.2 Å². The van der Waals surface area contributed by atoms with Gasteiger partial charge in [-0.2, -0.15) is 17.9 Å². The van der Waals surface area contributed by atoms with Crippen LogP contribution in [0.2, 0.25) is 0 Å². The van der Waals surface area contributed by atoms with E-state index in [9.17, 15) is 0 Å². The van der Waals surface area contributed by atoms with Crippen molar-refractivity contribution in [1.82, 2.24) is 4.90 Å². The minimum atomic E-state index is 0.348. The first-order valence-corrected chi connectivity index (χ1v) is 5.84. The molecule has 14 heavy (non-hydrogen) atoms. The first-order valence-electron chi connectivity index (χ1n) is 5.21. The van der Waals surface area contributed by atoms with Gasteiger partial charge in [0.2, 0.25) is 0 Å². The fourth-order valence-electron chi connectivity index (χ4n) is 1.32. The lowest BCUT2D eigenvalue weighted by Gasteiger charge is -2.29. The van der Waals surface area contributed by atoms with Crippen LogP contribution in [0.3, 0.4) is 0 Å². The van der Waals surface area contributed by atoms with Gasteiger partial charge in [0.05, 0.1) is 12.5 Å². The Kier molecular flexibility index (Phi) is 7.04. The van der Waals surface area contributed by atoms with Gasteiger partial charge in [0.25, 0.3) is 0 Å². The summed E-state index contributed by atoms with van der Waals surface area (Å²) in [7, 11) is 2.08. The van der Waals surface area contributed by atoms with Gasteiger partial charge in [0.15, 0.2) is 0 Å². The molecule has 2 unspecified atom stereocenters. The van der Waals surface area contributed by atoms with E-state index in [0.29, 0.717) is 24.3 Å². The Balaban J connectivity index is 4.02. The van der Waals surface area contributed by atoms with E-state index in [1.165, 1.54) is 0 Å². The van der Waals surface area contributed by atoms with Gasteiger partial charge in [0, 0.05) is 12.6 Å². The predicted octanol–water partition coefficient (Wildman–Crippen LogP) is 2.42. The fourth-order valence-corrected chi connectivity index (χ4v) is 1.85. The van der Waals surface area contributed by atoms with Crippen LogP contribution >= 0.6 is 12.6 Å². The normalized spacial score (nSPS) is 15.6. The minimum absolute atomic E-state index is 0.348. The van der Waals surface area contributed by atoms with Gasteiger partial charge in [-0.25, -0.2) is 0 Å². The molecule has 0 N–H and O–H groups in total. The molecule has 0 bridgehead atoms. The second-order valence-corrected chi connectivity index (χ2v) is 4.70. The highest BCUT2D eigenvalue weighted by Crippen LogP contribution is 2.15. The van der Waals surface area contributed by atoms with E-state index in [1.807, 2.05) is 0 Å². The van der Waals surface area contributed by atoms with E-state index in [0.717, 1.165) is 12.3 Å². The van der Waals surface area contributed by atoms with E-state index < -0.39 is 0 Å². The zero-order valence-corrected chi connectivity index (χ0v) is 10.6. The van der Waals surface area contributed by atoms with Crippen molar-refractivity contribution < 1.29 is 0 Å². The van der Waals surface area contributed by atoms with E-state index in [2.05, 4.69) is 51.4 Å². The molecule has 0 aromatic rings. The lowest BCUT2D eigenvalue weighted by Crippen LogP contribution is -2.35. The largest absolute Gasteiger partial charge is 0.302 e. The summed E-state index contributed by atoms with van der Waals surface area (Å²) in [5.74, 6) is 2.19. The third-order valence-corrected chi connectivity index (χ3v) is 3.31. The molecule has 2 atom stereocenters.